The van der Waals surface area contributed by atoms with Crippen LogP contribution in [0.4, 0.5) is 19.0 Å². The van der Waals surface area contributed by atoms with Crippen molar-refractivity contribution in [3.8, 4) is 0 Å². The summed E-state index contributed by atoms with van der Waals surface area (Å²) < 4.78 is 46.0. The smallest absolute Gasteiger partial charge is 0.433 e. The summed E-state index contributed by atoms with van der Waals surface area (Å²) in [7, 11) is 5.60. The number of anilines is 1. The molecule has 11 heteroatoms. The molecule has 0 radical (unpaired) electrons. The molecule has 1 aliphatic rings. The Morgan fingerprint density at radius 3 is 2.58 bits per heavy atom. The summed E-state index contributed by atoms with van der Waals surface area (Å²) in [6.07, 6.45) is 0.603. The normalized spacial score (nSPS) is 15.1. The number of nitrogens with one attached hydrogen (secondary N) is 1. The van der Waals surface area contributed by atoms with Crippen molar-refractivity contribution < 1.29 is 22.4 Å². The number of likely N-dealkylation sites (N-methyl/N-ethyl adjacent to an activating group) is 1. The van der Waals surface area contributed by atoms with Crippen molar-refractivity contribution in [1.82, 2.24) is 20.2 Å². The number of alkyl halides is 3. The van der Waals surface area contributed by atoms with Crippen molar-refractivity contribution in [3.05, 3.63) is 35.4 Å². The van der Waals surface area contributed by atoms with Gasteiger partial charge in [0.2, 0.25) is 0 Å². The zero-order valence-corrected chi connectivity index (χ0v) is 19.9. The summed E-state index contributed by atoms with van der Waals surface area (Å²) >= 11 is 1.05. The van der Waals surface area contributed by atoms with Gasteiger partial charge in [0.25, 0.3) is 5.91 Å². The van der Waals surface area contributed by atoms with E-state index in [1.165, 1.54) is 0 Å². The predicted octanol–water partition coefficient (Wildman–Crippen LogP) is 4.44. The molecule has 2 aromatic heterocycles. The van der Waals surface area contributed by atoms with Gasteiger partial charge in [0, 0.05) is 32.2 Å². The van der Waals surface area contributed by atoms with Crippen LogP contribution in [-0.2, 0) is 11.9 Å². The number of aromatic nitrogens is 2. The van der Waals surface area contributed by atoms with E-state index in [4.69, 9.17) is 4.42 Å². The Bertz CT molecular complexity index is 929. The van der Waals surface area contributed by atoms with Crippen molar-refractivity contribution in [2.24, 2.45) is 0 Å². The van der Waals surface area contributed by atoms with Gasteiger partial charge in [-0.2, -0.15) is 13.2 Å². The average Bonchev–Trinajstić information content (AvgIpc) is 3.26. The molecule has 0 atom stereocenters. The monoisotopic (exact) mass is 485 g/mol. The Hall–Kier alpha value is -2.27. The third kappa shape index (κ3) is 7.36. The Kier molecular flexibility index (Phi) is 8.63. The second-order valence-electron chi connectivity index (χ2n) is 8.41. The highest BCUT2D eigenvalue weighted by molar-refractivity contribution is 7.98. The Balaban J connectivity index is 1.69. The van der Waals surface area contributed by atoms with Gasteiger partial charge in [-0.3, -0.25) is 4.79 Å². The fraction of sp³-hybridized carbons (Fsp3) is 0.591. The molecule has 1 fully saturated rings. The highest BCUT2D eigenvalue weighted by Gasteiger charge is 2.34. The number of hydrogen-bond acceptors (Lipinski definition) is 7. The van der Waals surface area contributed by atoms with Gasteiger partial charge in [0.15, 0.2) is 16.6 Å². The van der Waals surface area contributed by atoms with Crippen LogP contribution in [0.1, 0.15) is 54.1 Å². The second kappa shape index (κ2) is 11.2. The lowest BCUT2D eigenvalue weighted by atomic mass is 9.94. The number of rotatable bonds is 9. The molecule has 1 amide bonds. The molecule has 7 nitrogen and oxygen atoms in total. The van der Waals surface area contributed by atoms with Crippen molar-refractivity contribution >= 4 is 23.5 Å². The maximum Gasteiger partial charge on any atom is 0.433 e. The van der Waals surface area contributed by atoms with E-state index < -0.39 is 11.9 Å². The lowest BCUT2D eigenvalue weighted by Gasteiger charge is -2.32. The van der Waals surface area contributed by atoms with Crippen LogP contribution in [0.3, 0.4) is 0 Å². The number of hydrogen-bond donors (Lipinski definition) is 1. The van der Waals surface area contributed by atoms with Crippen LogP contribution >= 0.6 is 11.8 Å². The van der Waals surface area contributed by atoms with Crippen molar-refractivity contribution in [1.29, 1.82) is 0 Å². The molecule has 0 saturated heterocycles. The number of furan rings is 1. The number of carbonyl (C=O) groups excluding carboxylic acids is 1. The summed E-state index contributed by atoms with van der Waals surface area (Å²) in [5, 5.41) is 2.78. The third-order valence-corrected chi connectivity index (χ3v) is 6.41. The summed E-state index contributed by atoms with van der Waals surface area (Å²) in [6, 6.07) is 4.38. The maximum atomic E-state index is 13.5. The predicted molar refractivity (Wildman–Crippen MR) is 121 cm³/mol. The van der Waals surface area contributed by atoms with Gasteiger partial charge in [0.05, 0.1) is 5.75 Å². The molecule has 1 aliphatic carbocycles. The SMILES string of the molecule is CN(C)CCNC(=O)c1ccc(CSc2nc(N(C)C3CCCCC3)cc(C(F)(F)F)n2)o1. The average molecular weight is 486 g/mol. The van der Waals surface area contributed by atoms with Gasteiger partial charge >= 0.3 is 6.18 Å². The van der Waals surface area contributed by atoms with Gasteiger partial charge in [-0.15, -0.1) is 0 Å². The van der Waals surface area contributed by atoms with Crippen LogP contribution in [0, 0.1) is 0 Å². The summed E-state index contributed by atoms with van der Waals surface area (Å²) in [5.41, 5.74) is -0.960. The minimum absolute atomic E-state index is 0.0240. The maximum absolute atomic E-state index is 13.5. The van der Waals surface area contributed by atoms with E-state index in [0.717, 1.165) is 49.9 Å². The molecule has 33 heavy (non-hydrogen) atoms. The van der Waals surface area contributed by atoms with E-state index in [0.29, 0.717) is 18.8 Å². The zero-order valence-electron chi connectivity index (χ0n) is 19.1. The van der Waals surface area contributed by atoms with E-state index in [9.17, 15) is 18.0 Å². The fourth-order valence-electron chi connectivity index (χ4n) is 3.65. The fourth-order valence-corrected chi connectivity index (χ4v) is 4.40. The van der Waals surface area contributed by atoms with Crippen molar-refractivity contribution in [2.75, 3.05) is 39.1 Å². The molecule has 2 heterocycles. The molecule has 0 aliphatic heterocycles. The molecule has 1 N–H and O–H groups in total. The molecule has 182 valence electrons. The zero-order chi connectivity index (χ0) is 24.0. The van der Waals surface area contributed by atoms with Crippen molar-refractivity contribution in [2.45, 2.75) is 55.2 Å². The van der Waals surface area contributed by atoms with Gasteiger partial charge in [-0.25, -0.2) is 9.97 Å². The number of halogens is 3. The molecule has 0 unspecified atom stereocenters. The molecule has 3 rings (SSSR count). The minimum Gasteiger partial charge on any atom is -0.455 e. The molecule has 1 saturated carbocycles. The van der Waals surface area contributed by atoms with Gasteiger partial charge in [-0.05, 0) is 39.1 Å². The topological polar surface area (TPSA) is 74.5 Å². The summed E-state index contributed by atoms with van der Waals surface area (Å²) in [4.78, 5) is 24.0. The van der Waals surface area contributed by atoms with E-state index in [2.05, 4.69) is 15.3 Å². The van der Waals surface area contributed by atoms with Gasteiger partial charge in [-0.1, -0.05) is 31.0 Å². The van der Waals surface area contributed by atoms with Crippen LogP contribution in [0.5, 0.6) is 0 Å². The molecule has 2 aromatic rings. The van der Waals surface area contributed by atoms with Crippen LogP contribution in [0.15, 0.2) is 27.8 Å². The van der Waals surface area contributed by atoms with Crippen LogP contribution < -0.4 is 10.2 Å². The summed E-state index contributed by atoms with van der Waals surface area (Å²) in [5.74, 6) is 0.763. The number of nitrogens with zero attached hydrogens (tertiary/aromatic N) is 4. The van der Waals surface area contributed by atoms with E-state index in [1.807, 2.05) is 23.9 Å². The third-order valence-electron chi connectivity index (χ3n) is 5.54. The first kappa shape index (κ1) is 25.4. The largest absolute Gasteiger partial charge is 0.455 e. The van der Waals surface area contributed by atoms with Crippen LogP contribution in [0.2, 0.25) is 0 Å². The minimum atomic E-state index is -4.57. The van der Waals surface area contributed by atoms with E-state index in [-0.39, 0.29) is 34.4 Å². The Morgan fingerprint density at radius 2 is 1.91 bits per heavy atom. The Morgan fingerprint density at radius 1 is 1.18 bits per heavy atom. The standard InChI is InChI=1S/C22H30F3N5O2S/c1-29(2)12-11-26-20(31)17-10-9-16(32-17)14-33-21-27-18(22(23,24)25)13-19(28-21)30(3)15-7-5-4-6-8-15/h9-10,13,15H,4-8,11-12,14H2,1-3H3,(H,26,31). The van der Waals surface area contributed by atoms with Gasteiger partial charge in [0.1, 0.15) is 11.6 Å². The summed E-state index contributed by atoms with van der Waals surface area (Å²) in [6.45, 7) is 1.17. The molecule has 0 bridgehead atoms. The lowest BCUT2D eigenvalue weighted by Crippen LogP contribution is -2.34. The molecular formula is C22H30F3N5O2S. The quantitative estimate of drug-likeness (QED) is 0.416. The van der Waals surface area contributed by atoms with Gasteiger partial charge < -0.3 is 19.5 Å². The number of carbonyl (C=O) groups is 1. The van der Waals surface area contributed by atoms with E-state index in [1.54, 1.807) is 19.2 Å². The number of thioether (sulfide) groups is 1. The Labute approximate surface area is 196 Å². The molecular weight excluding hydrogens is 455 g/mol. The van der Waals surface area contributed by atoms with Crippen molar-refractivity contribution in [3.63, 3.8) is 0 Å². The highest BCUT2D eigenvalue weighted by atomic mass is 32.2. The molecule has 0 aromatic carbocycles. The lowest BCUT2D eigenvalue weighted by molar-refractivity contribution is -0.141. The highest BCUT2D eigenvalue weighted by Crippen LogP contribution is 2.33. The van der Waals surface area contributed by atoms with Crippen LogP contribution in [0.25, 0.3) is 0 Å². The first-order valence-electron chi connectivity index (χ1n) is 11.0. The molecule has 0 spiro atoms. The first-order valence-corrected chi connectivity index (χ1v) is 12.0. The van der Waals surface area contributed by atoms with Crippen LogP contribution in [-0.4, -0.2) is 61.0 Å². The van der Waals surface area contributed by atoms with E-state index >= 15 is 0 Å². The number of amides is 1. The second-order valence-corrected chi connectivity index (χ2v) is 9.35. The first-order chi connectivity index (χ1) is 15.6.